The molecule has 0 bridgehead atoms. The molecule has 1 aromatic carbocycles. The van der Waals surface area contributed by atoms with Crippen molar-refractivity contribution in [3.8, 4) is 0 Å². The van der Waals surface area contributed by atoms with Crippen LogP contribution in [0, 0.1) is 5.82 Å². The minimum absolute atomic E-state index is 0.0402. The number of hydrogen-bond acceptors (Lipinski definition) is 2. The predicted octanol–water partition coefficient (Wildman–Crippen LogP) is 1.55. The summed E-state index contributed by atoms with van der Waals surface area (Å²) in [5.74, 6) is -0.635. The van der Waals surface area contributed by atoms with E-state index in [0.717, 1.165) is 0 Å². The molecule has 0 radical (unpaired) electrons. The Kier molecular flexibility index (Phi) is 2.31. The zero-order chi connectivity index (χ0) is 8.43. The topological polar surface area (TPSA) is 46.2 Å². The average Bonchev–Trinajstić information content (AvgIpc) is 1.99. The van der Waals surface area contributed by atoms with Crippen molar-refractivity contribution < 1.29 is 9.50 Å². The van der Waals surface area contributed by atoms with Crippen molar-refractivity contribution in [3.05, 3.63) is 28.5 Å². The maximum atomic E-state index is 12.7. The largest absolute Gasteiger partial charge is 0.396 e. The van der Waals surface area contributed by atoms with Crippen molar-refractivity contribution in [2.45, 2.75) is 6.61 Å². The Morgan fingerprint density at radius 1 is 1.55 bits per heavy atom. The first-order chi connectivity index (χ1) is 5.15. The summed E-state index contributed by atoms with van der Waals surface area (Å²) in [5.41, 5.74) is 5.69. The molecule has 0 aliphatic heterocycles. The van der Waals surface area contributed by atoms with Crippen molar-refractivity contribution in [3.63, 3.8) is 0 Å². The molecule has 60 valence electrons. The fraction of sp³-hybridized carbons (Fsp3) is 0.143. The second kappa shape index (κ2) is 3.07. The molecule has 3 N–H and O–H groups in total. The fourth-order valence-corrected chi connectivity index (χ4v) is 1.01. The van der Waals surface area contributed by atoms with Crippen LogP contribution in [0.25, 0.3) is 0 Å². The van der Waals surface area contributed by atoms with Crippen LogP contribution >= 0.6 is 11.6 Å². The van der Waals surface area contributed by atoms with Crippen LogP contribution in [0.5, 0.6) is 0 Å². The monoisotopic (exact) mass is 175 g/mol. The van der Waals surface area contributed by atoms with Gasteiger partial charge >= 0.3 is 0 Å². The number of nitrogens with two attached hydrogens (primary N) is 1. The Labute approximate surface area is 68.4 Å². The summed E-state index contributed by atoms with van der Waals surface area (Å²) in [6, 6.07) is 2.69. The molecule has 4 heteroatoms. The summed E-state index contributed by atoms with van der Waals surface area (Å²) in [5, 5.41) is 8.58. The van der Waals surface area contributed by atoms with Crippen molar-refractivity contribution in [2.24, 2.45) is 0 Å². The number of aliphatic hydroxyl groups excluding tert-OH is 1. The van der Waals surface area contributed by atoms with Crippen molar-refractivity contribution >= 4 is 17.3 Å². The molecule has 0 aliphatic rings. The molecule has 0 aliphatic carbocycles. The molecule has 1 aromatic rings. The predicted molar refractivity (Wildman–Crippen MR) is 41.7 cm³/mol. The maximum Gasteiger partial charge on any atom is 0.164 e. The number of rotatable bonds is 1. The van der Waals surface area contributed by atoms with Gasteiger partial charge in [-0.25, -0.2) is 4.39 Å². The van der Waals surface area contributed by atoms with Gasteiger partial charge in [0.2, 0.25) is 0 Å². The second-order valence-corrected chi connectivity index (χ2v) is 2.55. The van der Waals surface area contributed by atoms with E-state index in [1.54, 1.807) is 0 Å². The lowest BCUT2D eigenvalue weighted by molar-refractivity contribution is 0.282. The third-order valence-corrected chi connectivity index (χ3v) is 1.57. The van der Waals surface area contributed by atoms with Crippen LogP contribution in [0.1, 0.15) is 5.56 Å². The summed E-state index contributed by atoms with van der Waals surface area (Å²) in [6.07, 6.45) is 0. The van der Waals surface area contributed by atoms with Crippen molar-refractivity contribution in [2.75, 3.05) is 5.73 Å². The van der Waals surface area contributed by atoms with E-state index in [4.69, 9.17) is 22.4 Å². The normalized spacial score (nSPS) is 10.1. The molecular weight excluding hydrogens is 169 g/mol. The molecule has 11 heavy (non-hydrogen) atoms. The number of benzene rings is 1. The Hall–Kier alpha value is -0.800. The van der Waals surface area contributed by atoms with Gasteiger partial charge in [-0.3, -0.25) is 0 Å². The van der Waals surface area contributed by atoms with E-state index in [-0.39, 0.29) is 17.3 Å². The van der Waals surface area contributed by atoms with Crippen LogP contribution in [0.2, 0.25) is 5.02 Å². The van der Waals surface area contributed by atoms with Crippen LogP contribution in [-0.4, -0.2) is 5.11 Å². The molecule has 0 heterocycles. The van der Waals surface area contributed by atoms with E-state index >= 15 is 0 Å². The summed E-state index contributed by atoms with van der Waals surface area (Å²) in [7, 11) is 0. The van der Waals surface area contributed by atoms with Gasteiger partial charge in [0, 0.05) is 0 Å². The fourth-order valence-electron chi connectivity index (χ4n) is 0.760. The highest BCUT2D eigenvalue weighted by Gasteiger charge is 2.05. The Morgan fingerprint density at radius 3 is 2.64 bits per heavy atom. The highest BCUT2D eigenvalue weighted by Crippen LogP contribution is 2.22. The lowest BCUT2D eigenvalue weighted by atomic mass is 10.2. The van der Waals surface area contributed by atoms with Gasteiger partial charge in [0.1, 0.15) is 0 Å². The Morgan fingerprint density at radius 2 is 2.18 bits per heavy atom. The van der Waals surface area contributed by atoms with Gasteiger partial charge in [0.25, 0.3) is 0 Å². The van der Waals surface area contributed by atoms with E-state index < -0.39 is 5.82 Å². The molecule has 0 atom stereocenters. The average molecular weight is 176 g/mol. The third-order valence-electron chi connectivity index (χ3n) is 1.30. The second-order valence-electron chi connectivity index (χ2n) is 2.14. The van der Waals surface area contributed by atoms with Crippen molar-refractivity contribution in [1.29, 1.82) is 0 Å². The quantitative estimate of drug-likeness (QED) is 0.637. The lowest BCUT2D eigenvalue weighted by Gasteiger charge is -2.01. The number of hydrogen-bond donors (Lipinski definition) is 2. The van der Waals surface area contributed by atoms with Gasteiger partial charge in [-0.2, -0.15) is 0 Å². The van der Waals surface area contributed by atoms with Gasteiger partial charge in [0.15, 0.2) is 5.82 Å². The molecule has 0 spiro atoms. The number of halogens is 2. The number of nitrogen functional groups attached to an aromatic ring is 1. The first-order valence-electron chi connectivity index (χ1n) is 2.99. The molecule has 0 saturated heterocycles. The van der Waals surface area contributed by atoms with Gasteiger partial charge in [-0.15, -0.1) is 0 Å². The molecule has 0 amide bonds. The zero-order valence-corrected chi connectivity index (χ0v) is 6.40. The van der Waals surface area contributed by atoms with Gasteiger partial charge in [-0.1, -0.05) is 11.6 Å². The molecule has 0 unspecified atom stereocenters. The Balaban J connectivity index is 3.21. The van der Waals surface area contributed by atoms with E-state index in [1.165, 1.54) is 12.1 Å². The SMILES string of the molecule is Nc1cc(CO)cc(Cl)c1F. The molecule has 0 saturated carbocycles. The zero-order valence-electron chi connectivity index (χ0n) is 5.64. The van der Waals surface area contributed by atoms with Crippen LogP contribution in [-0.2, 0) is 6.61 Å². The number of anilines is 1. The highest BCUT2D eigenvalue weighted by molar-refractivity contribution is 6.31. The lowest BCUT2D eigenvalue weighted by Crippen LogP contribution is -1.94. The summed E-state index contributed by atoms with van der Waals surface area (Å²) < 4.78 is 12.7. The molecule has 0 fully saturated rings. The standard InChI is InChI=1S/C7H7ClFNO/c8-5-1-4(3-11)2-6(10)7(5)9/h1-2,11H,3,10H2. The van der Waals surface area contributed by atoms with E-state index in [2.05, 4.69) is 0 Å². The smallest absolute Gasteiger partial charge is 0.164 e. The van der Waals surface area contributed by atoms with Crippen LogP contribution in [0.3, 0.4) is 0 Å². The van der Waals surface area contributed by atoms with E-state index in [1.807, 2.05) is 0 Å². The number of aliphatic hydroxyl groups is 1. The summed E-state index contributed by atoms with van der Waals surface area (Å²) in [6.45, 7) is -0.190. The summed E-state index contributed by atoms with van der Waals surface area (Å²) in [4.78, 5) is 0. The van der Waals surface area contributed by atoms with Crippen LogP contribution < -0.4 is 5.73 Å². The van der Waals surface area contributed by atoms with Crippen molar-refractivity contribution in [1.82, 2.24) is 0 Å². The van der Waals surface area contributed by atoms with E-state index in [0.29, 0.717) is 5.56 Å². The molecule has 1 rings (SSSR count). The van der Waals surface area contributed by atoms with E-state index in [9.17, 15) is 4.39 Å². The molecular formula is C7H7ClFNO. The van der Waals surface area contributed by atoms with Crippen LogP contribution in [0.4, 0.5) is 10.1 Å². The molecule has 2 nitrogen and oxygen atoms in total. The molecule has 0 aromatic heterocycles. The van der Waals surface area contributed by atoms with Gasteiger partial charge in [0.05, 0.1) is 17.3 Å². The highest BCUT2D eigenvalue weighted by atomic mass is 35.5. The first-order valence-corrected chi connectivity index (χ1v) is 3.37. The van der Waals surface area contributed by atoms with Gasteiger partial charge in [-0.05, 0) is 17.7 Å². The van der Waals surface area contributed by atoms with Crippen LogP contribution in [0.15, 0.2) is 12.1 Å². The maximum absolute atomic E-state index is 12.7. The first kappa shape index (κ1) is 8.30. The van der Waals surface area contributed by atoms with Gasteiger partial charge < -0.3 is 10.8 Å². The third kappa shape index (κ3) is 1.61. The Bertz CT molecular complexity index is 254. The summed E-state index contributed by atoms with van der Waals surface area (Å²) >= 11 is 5.43. The minimum atomic E-state index is -0.635. The minimum Gasteiger partial charge on any atom is -0.396 e.